The zero-order valence-electron chi connectivity index (χ0n) is 30.1. The molecule has 5 saturated carbocycles. The van der Waals surface area contributed by atoms with Gasteiger partial charge in [0.2, 0.25) is 5.79 Å². The lowest BCUT2D eigenvalue weighted by Crippen LogP contribution is -2.77. The Labute approximate surface area is 314 Å². The third-order valence-electron chi connectivity index (χ3n) is 16.0. The summed E-state index contributed by atoms with van der Waals surface area (Å²) in [6.45, 7) is 8.91. The highest BCUT2D eigenvalue weighted by Crippen LogP contribution is 2.80. The first-order chi connectivity index (χ1) is 24.7. The minimum absolute atomic E-state index is 0.308. The fourth-order valence-corrected chi connectivity index (χ4v) is 13.9. The Bertz CT molecular complexity index is 1820. The van der Waals surface area contributed by atoms with Crippen molar-refractivity contribution in [2.45, 2.75) is 114 Å². The second-order valence-corrected chi connectivity index (χ2v) is 18.6. The number of rotatable bonds is 4. The Kier molecular flexibility index (Phi) is 7.42. The van der Waals surface area contributed by atoms with Crippen molar-refractivity contribution in [1.29, 1.82) is 0 Å². The molecule has 0 radical (unpaired) electrons. The fourth-order valence-electron chi connectivity index (χ4n) is 13.7. The number of amides is 1. The normalized spacial score (nSPS) is 56.5. The van der Waals surface area contributed by atoms with E-state index >= 15 is 0 Å². The molecule has 9 rings (SSSR count). The average molecular weight is 805 g/mol. The molecular formula is C38H46BrNO13. The first-order valence-corrected chi connectivity index (χ1v) is 19.3. The van der Waals surface area contributed by atoms with Crippen LogP contribution in [0.1, 0.15) is 58.3 Å². The maximum Gasteiger partial charge on any atom is 0.341 e. The van der Waals surface area contributed by atoms with Crippen molar-refractivity contribution in [2.24, 2.45) is 57.7 Å². The zero-order valence-corrected chi connectivity index (χ0v) is 31.7. The number of Topliss-reactive ketones (excluding diaryl/α,β-unsaturated/α-hetero) is 1. The van der Waals surface area contributed by atoms with E-state index in [1.807, 2.05) is 0 Å². The van der Waals surface area contributed by atoms with Gasteiger partial charge in [-0.3, -0.25) is 14.4 Å². The summed E-state index contributed by atoms with van der Waals surface area (Å²) in [6, 6.07) is 5.60. The summed E-state index contributed by atoms with van der Waals surface area (Å²) in [4.78, 5) is 54.9. The SMILES string of the molecule is CC(=O)O[C@H]1[C@H]2[C@@H]([C@@H](O)[C@H](NC(=O)c3ccc(Br)cc3)[C@H]3C[C@@H]4O[C@@H]4[C@H](O)[C@]23C)[C@@H]2[C@@H](O)[C@@H]3[C@H]([C@H](C)[C@H]4O[C@]45OC(=O)[C@@](C)(O)[C@]35C)[C@@]2(C(C)=O)[C@H]1O. The van der Waals surface area contributed by atoms with E-state index in [2.05, 4.69) is 21.2 Å². The molecule has 3 heterocycles. The topological polar surface area (TPSA) is 225 Å². The van der Waals surface area contributed by atoms with E-state index in [9.17, 15) is 44.7 Å². The molecule has 288 valence electrons. The number of benzene rings is 1. The molecular weight excluding hydrogens is 758 g/mol. The van der Waals surface area contributed by atoms with Crippen molar-refractivity contribution in [2.75, 3.05) is 0 Å². The van der Waals surface area contributed by atoms with E-state index in [1.165, 1.54) is 20.8 Å². The van der Waals surface area contributed by atoms with Crippen LogP contribution in [0.25, 0.3) is 0 Å². The molecule has 5 aliphatic carbocycles. The van der Waals surface area contributed by atoms with Crippen LogP contribution in [0, 0.1) is 57.7 Å². The number of carbonyl (C=O) groups excluding carboxylic acids is 4. The monoisotopic (exact) mass is 803 g/mol. The number of ketones is 1. The molecule has 3 aliphatic heterocycles. The Morgan fingerprint density at radius 2 is 1.60 bits per heavy atom. The summed E-state index contributed by atoms with van der Waals surface area (Å²) in [7, 11) is 0. The number of hydrogen-bond acceptors (Lipinski definition) is 13. The molecule has 6 N–H and O–H groups in total. The van der Waals surface area contributed by atoms with E-state index in [4.69, 9.17) is 18.9 Å². The number of esters is 2. The van der Waals surface area contributed by atoms with Crippen molar-refractivity contribution >= 4 is 39.6 Å². The molecule has 8 fully saturated rings. The maximum absolute atomic E-state index is 14.6. The molecule has 1 aromatic carbocycles. The number of carbonyl (C=O) groups is 4. The van der Waals surface area contributed by atoms with Crippen LogP contribution in [0.2, 0.25) is 0 Å². The minimum atomic E-state index is -2.20. The van der Waals surface area contributed by atoms with E-state index in [0.29, 0.717) is 12.0 Å². The molecule has 53 heavy (non-hydrogen) atoms. The number of halogens is 1. The molecule has 0 unspecified atom stereocenters. The van der Waals surface area contributed by atoms with Gasteiger partial charge >= 0.3 is 11.9 Å². The largest absolute Gasteiger partial charge is 0.459 e. The molecule has 0 bridgehead atoms. The number of aliphatic hydroxyl groups is 5. The Morgan fingerprint density at radius 3 is 2.23 bits per heavy atom. The Hall–Kier alpha value is -2.50. The van der Waals surface area contributed by atoms with Gasteiger partial charge in [0.1, 0.15) is 30.2 Å². The predicted octanol–water partition coefficient (Wildman–Crippen LogP) is 0.472. The molecule has 14 nitrogen and oxygen atoms in total. The van der Waals surface area contributed by atoms with Crippen LogP contribution in [-0.4, -0.2) is 115 Å². The van der Waals surface area contributed by atoms with Gasteiger partial charge in [0.05, 0.1) is 41.3 Å². The van der Waals surface area contributed by atoms with Crippen LogP contribution in [0.4, 0.5) is 0 Å². The van der Waals surface area contributed by atoms with E-state index < -0.39 is 141 Å². The lowest BCUT2D eigenvalue weighted by molar-refractivity contribution is -0.279. The van der Waals surface area contributed by atoms with E-state index in [1.54, 1.807) is 45.0 Å². The summed E-state index contributed by atoms with van der Waals surface area (Å²) < 4.78 is 24.6. The lowest BCUT2D eigenvalue weighted by atomic mass is 9.39. The molecule has 0 aromatic heterocycles. The zero-order chi connectivity index (χ0) is 38.3. The predicted molar refractivity (Wildman–Crippen MR) is 182 cm³/mol. The highest BCUT2D eigenvalue weighted by Gasteiger charge is 2.93. The van der Waals surface area contributed by atoms with E-state index in [-0.39, 0.29) is 6.10 Å². The Morgan fingerprint density at radius 1 is 0.943 bits per heavy atom. The summed E-state index contributed by atoms with van der Waals surface area (Å²) >= 11 is 3.38. The van der Waals surface area contributed by atoms with Gasteiger partial charge in [-0.1, -0.05) is 29.8 Å². The molecule has 15 heteroatoms. The van der Waals surface area contributed by atoms with Crippen LogP contribution >= 0.6 is 15.9 Å². The van der Waals surface area contributed by atoms with Gasteiger partial charge in [-0.15, -0.1) is 0 Å². The van der Waals surface area contributed by atoms with Crippen LogP contribution < -0.4 is 5.32 Å². The Balaban J connectivity index is 1.26. The van der Waals surface area contributed by atoms with Gasteiger partial charge in [0, 0.05) is 46.0 Å². The van der Waals surface area contributed by atoms with Gasteiger partial charge in [-0.05, 0) is 69.2 Å². The first-order valence-electron chi connectivity index (χ1n) is 18.5. The van der Waals surface area contributed by atoms with Crippen molar-refractivity contribution in [3.63, 3.8) is 0 Å². The number of epoxide rings is 2. The van der Waals surface area contributed by atoms with Gasteiger partial charge in [0.25, 0.3) is 5.91 Å². The smallest absolute Gasteiger partial charge is 0.341 e. The molecule has 1 amide bonds. The average Bonchev–Trinajstić information content (AvgIpc) is 3.99. The van der Waals surface area contributed by atoms with Crippen molar-refractivity contribution in [1.82, 2.24) is 5.32 Å². The number of fused-ring (bicyclic) bond motifs is 9. The van der Waals surface area contributed by atoms with Crippen LogP contribution in [0.3, 0.4) is 0 Å². The summed E-state index contributed by atoms with van der Waals surface area (Å²) in [5.41, 5.74) is -6.75. The lowest BCUT2D eigenvalue weighted by Gasteiger charge is -2.67. The van der Waals surface area contributed by atoms with Gasteiger partial charge < -0.3 is 49.8 Å². The standard InChI is InChI=1S/C38H46BrNO13/c1-12-20-23(35(5)36(6,49)33(48)53-38(35)31(12)52-38)26(44)21-19-22(28(50-14(3)42)30(46)37(20,21)13(2)41)34(4)17(11-18-27(51-18)29(34)45)24(25(19)43)40-32(47)15-7-9-16(39)10-8-15/h7-10,12,17-31,43-46,49H,11H2,1-6H3,(H,40,47)/t12-,17+,18-,19-,20-,21+,22+,23-,24+,25+,26+,27-,28-,29-,30-,31+,34-,35-,36+,37+,38-/m0/s1. The molecule has 1 spiro atoms. The fraction of sp³-hybridized carbons (Fsp3) is 0.737. The number of aliphatic hydroxyl groups excluding tert-OH is 4. The number of hydrogen-bond donors (Lipinski definition) is 6. The number of ether oxygens (including phenoxy) is 4. The van der Waals surface area contributed by atoms with Gasteiger partial charge in [-0.2, -0.15) is 0 Å². The third kappa shape index (κ3) is 3.98. The maximum atomic E-state index is 14.6. The van der Waals surface area contributed by atoms with E-state index in [0.717, 1.165) is 4.47 Å². The van der Waals surface area contributed by atoms with Crippen LogP contribution in [-0.2, 0) is 33.3 Å². The van der Waals surface area contributed by atoms with Crippen molar-refractivity contribution in [3.8, 4) is 0 Å². The number of nitrogens with one attached hydrogen (secondary N) is 1. The highest BCUT2D eigenvalue weighted by molar-refractivity contribution is 9.10. The molecule has 8 aliphatic rings. The third-order valence-corrected chi connectivity index (χ3v) is 16.5. The highest BCUT2D eigenvalue weighted by atomic mass is 79.9. The minimum Gasteiger partial charge on any atom is -0.459 e. The van der Waals surface area contributed by atoms with Crippen LogP contribution in [0.15, 0.2) is 28.7 Å². The van der Waals surface area contributed by atoms with Crippen molar-refractivity contribution < 1.29 is 63.7 Å². The molecule has 1 aromatic rings. The summed E-state index contributed by atoms with van der Waals surface area (Å²) in [5.74, 6) is -11.3. The van der Waals surface area contributed by atoms with Gasteiger partial charge in [0.15, 0.2) is 5.60 Å². The summed E-state index contributed by atoms with van der Waals surface area (Å²) in [5, 5.41) is 65.8. The van der Waals surface area contributed by atoms with Crippen LogP contribution in [0.5, 0.6) is 0 Å². The first kappa shape index (κ1) is 36.2. The second-order valence-electron chi connectivity index (χ2n) is 17.7. The molecule has 21 atom stereocenters. The summed E-state index contributed by atoms with van der Waals surface area (Å²) in [6.07, 6.45) is -8.94. The van der Waals surface area contributed by atoms with Crippen molar-refractivity contribution in [3.05, 3.63) is 34.3 Å². The quantitative estimate of drug-likeness (QED) is 0.180. The van der Waals surface area contributed by atoms with Gasteiger partial charge in [-0.25, -0.2) is 4.79 Å². The second kappa shape index (κ2) is 10.9. The molecule has 3 saturated heterocycles.